The first-order valence-electron chi connectivity index (χ1n) is 11.1. The van der Waals surface area contributed by atoms with Crippen molar-refractivity contribution in [3.63, 3.8) is 0 Å². The molecule has 174 valence electrons. The van der Waals surface area contributed by atoms with Gasteiger partial charge in [0.15, 0.2) is 0 Å². The minimum atomic E-state index is -3.80. The van der Waals surface area contributed by atoms with Crippen LogP contribution in [-0.4, -0.2) is 46.5 Å². The summed E-state index contributed by atoms with van der Waals surface area (Å²) in [5, 5.41) is 6.33. The molecule has 3 rings (SSSR count). The number of nitrogens with one attached hydrogen (secondary N) is 3. The van der Waals surface area contributed by atoms with Gasteiger partial charge in [0.05, 0.1) is 10.5 Å². The van der Waals surface area contributed by atoms with Crippen LogP contribution in [0.5, 0.6) is 0 Å². The summed E-state index contributed by atoms with van der Waals surface area (Å²) in [5.74, 6) is -0.198. The number of carbonyl (C=O) groups is 1. The molecule has 3 N–H and O–H groups in total. The number of anilines is 2. The van der Waals surface area contributed by atoms with E-state index in [-0.39, 0.29) is 16.8 Å². The Hall–Kier alpha value is -2.58. The highest BCUT2D eigenvalue weighted by atomic mass is 32.2. The van der Waals surface area contributed by atoms with E-state index in [2.05, 4.69) is 20.3 Å². The van der Waals surface area contributed by atoms with Crippen LogP contribution in [-0.2, 0) is 10.0 Å². The number of aryl methyl sites for hydroxylation is 3. The van der Waals surface area contributed by atoms with Crippen LogP contribution >= 0.6 is 0 Å². The van der Waals surface area contributed by atoms with Crippen molar-refractivity contribution in [1.82, 2.24) is 10.6 Å². The number of amides is 1. The van der Waals surface area contributed by atoms with Gasteiger partial charge in [0, 0.05) is 43.6 Å². The maximum absolute atomic E-state index is 13.2. The molecular weight excluding hydrogens is 424 g/mol. The number of hydrogen-bond acceptors (Lipinski definition) is 5. The number of sulfonamides is 1. The van der Waals surface area contributed by atoms with Gasteiger partial charge in [-0.2, -0.15) is 0 Å². The smallest absolute Gasteiger partial charge is 0.262 e. The fourth-order valence-corrected chi connectivity index (χ4v) is 5.67. The summed E-state index contributed by atoms with van der Waals surface area (Å²) in [6.07, 6.45) is 0.813. The first kappa shape index (κ1) is 24.1. The van der Waals surface area contributed by atoms with Gasteiger partial charge in [0.2, 0.25) is 0 Å². The lowest BCUT2D eigenvalue weighted by Gasteiger charge is -2.31. The van der Waals surface area contributed by atoms with E-state index in [0.717, 1.165) is 43.9 Å². The zero-order chi connectivity index (χ0) is 23.5. The van der Waals surface area contributed by atoms with Crippen LogP contribution in [0.25, 0.3) is 0 Å². The molecule has 0 aliphatic carbocycles. The number of piperazine rings is 1. The Labute approximate surface area is 191 Å². The third kappa shape index (κ3) is 5.42. The Kier molecular flexibility index (Phi) is 7.46. The van der Waals surface area contributed by atoms with Gasteiger partial charge < -0.3 is 15.5 Å². The van der Waals surface area contributed by atoms with Crippen molar-refractivity contribution in [2.75, 3.05) is 35.8 Å². The lowest BCUT2D eigenvalue weighted by Crippen LogP contribution is -2.44. The molecule has 1 aliphatic heterocycles. The Morgan fingerprint density at radius 2 is 1.72 bits per heavy atom. The fraction of sp³-hybridized carbons (Fsp3) is 0.458. The van der Waals surface area contributed by atoms with Crippen LogP contribution in [0.2, 0.25) is 0 Å². The molecule has 1 saturated heterocycles. The van der Waals surface area contributed by atoms with Gasteiger partial charge in [-0.15, -0.1) is 0 Å². The van der Waals surface area contributed by atoms with Gasteiger partial charge in [0.1, 0.15) is 0 Å². The second kappa shape index (κ2) is 9.92. The van der Waals surface area contributed by atoms with E-state index in [1.54, 1.807) is 26.0 Å². The largest absolute Gasteiger partial charge is 0.368 e. The normalized spacial score (nSPS) is 15.3. The molecule has 0 spiro atoms. The van der Waals surface area contributed by atoms with Gasteiger partial charge in [-0.05, 0) is 63.4 Å². The van der Waals surface area contributed by atoms with Crippen LogP contribution in [0.1, 0.15) is 47.3 Å². The Balaban J connectivity index is 1.98. The van der Waals surface area contributed by atoms with Crippen LogP contribution in [0, 0.1) is 20.8 Å². The average molecular weight is 459 g/mol. The van der Waals surface area contributed by atoms with Gasteiger partial charge in [-0.3, -0.25) is 9.52 Å². The highest BCUT2D eigenvalue weighted by Crippen LogP contribution is 2.28. The molecule has 2 aromatic carbocycles. The van der Waals surface area contributed by atoms with E-state index < -0.39 is 10.0 Å². The summed E-state index contributed by atoms with van der Waals surface area (Å²) in [5.41, 5.74) is 4.08. The van der Waals surface area contributed by atoms with Crippen molar-refractivity contribution < 1.29 is 13.2 Å². The predicted octanol–water partition coefficient (Wildman–Crippen LogP) is 3.35. The van der Waals surface area contributed by atoms with Crippen molar-refractivity contribution in [1.29, 1.82) is 0 Å². The zero-order valence-corrected chi connectivity index (χ0v) is 20.4. The second-order valence-electron chi connectivity index (χ2n) is 8.59. The van der Waals surface area contributed by atoms with E-state index in [1.807, 2.05) is 39.0 Å². The quantitative estimate of drug-likeness (QED) is 0.592. The average Bonchev–Trinajstić information content (AvgIpc) is 2.72. The minimum Gasteiger partial charge on any atom is -0.368 e. The van der Waals surface area contributed by atoms with Crippen molar-refractivity contribution in [3.8, 4) is 0 Å². The van der Waals surface area contributed by atoms with E-state index in [4.69, 9.17) is 0 Å². The lowest BCUT2D eigenvalue weighted by molar-refractivity contribution is 0.0939. The van der Waals surface area contributed by atoms with Crippen LogP contribution in [0.4, 0.5) is 11.4 Å². The van der Waals surface area contributed by atoms with Crippen LogP contribution < -0.4 is 20.3 Å². The van der Waals surface area contributed by atoms with Gasteiger partial charge in [-0.1, -0.05) is 24.6 Å². The molecular formula is C24H34N4O3S. The van der Waals surface area contributed by atoms with Crippen molar-refractivity contribution >= 4 is 27.3 Å². The molecule has 0 bridgehead atoms. The van der Waals surface area contributed by atoms with E-state index >= 15 is 0 Å². The third-order valence-electron chi connectivity index (χ3n) is 5.81. The van der Waals surface area contributed by atoms with Crippen molar-refractivity contribution in [3.05, 3.63) is 52.6 Å². The molecule has 1 fully saturated rings. The predicted molar refractivity (Wildman–Crippen MR) is 130 cm³/mol. The molecule has 1 atom stereocenters. The molecule has 1 aliphatic rings. The third-order valence-corrected chi connectivity index (χ3v) is 7.50. The zero-order valence-electron chi connectivity index (χ0n) is 19.6. The number of rotatable bonds is 7. The molecule has 7 nitrogen and oxygen atoms in total. The topological polar surface area (TPSA) is 90.5 Å². The Morgan fingerprint density at radius 1 is 1.09 bits per heavy atom. The number of benzene rings is 2. The maximum Gasteiger partial charge on any atom is 0.262 e. The van der Waals surface area contributed by atoms with E-state index in [0.29, 0.717) is 22.4 Å². The molecule has 0 aromatic heterocycles. The maximum atomic E-state index is 13.2. The molecule has 1 heterocycles. The summed E-state index contributed by atoms with van der Waals surface area (Å²) < 4.78 is 29.1. The number of hydrogen-bond donors (Lipinski definition) is 3. The second-order valence-corrected chi connectivity index (χ2v) is 10.2. The summed E-state index contributed by atoms with van der Waals surface area (Å²) >= 11 is 0. The molecule has 0 saturated carbocycles. The van der Waals surface area contributed by atoms with E-state index in [9.17, 15) is 13.2 Å². The standard InChI is InChI=1S/C24H34N4O3S/c1-6-19(5)26-24(29)21-15-20(7-8-22(21)28-11-9-25-10-12-28)27-32(30,31)23-17(3)13-16(2)14-18(23)4/h7-8,13-15,19,25,27H,6,9-12H2,1-5H3,(H,26,29)/t19-/m0/s1. The first-order chi connectivity index (χ1) is 15.1. The van der Waals surface area contributed by atoms with Gasteiger partial charge >= 0.3 is 0 Å². The van der Waals surface area contributed by atoms with Gasteiger partial charge in [-0.25, -0.2) is 8.42 Å². The van der Waals surface area contributed by atoms with E-state index in [1.165, 1.54) is 0 Å². The van der Waals surface area contributed by atoms with Crippen molar-refractivity contribution in [2.24, 2.45) is 0 Å². The number of nitrogens with zero attached hydrogens (tertiary/aromatic N) is 1. The molecule has 32 heavy (non-hydrogen) atoms. The summed E-state index contributed by atoms with van der Waals surface area (Å²) in [6.45, 7) is 12.8. The van der Waals surface area contributed by atoms with Crippen LogP contribution in [0.15, 0.2) is 35.2 Å². The first-order valence-corrected chi connectivity index (χ1v) is 12.6. The number of carbonyl (C=O) groups excluding carboxylic acids is 1. The monoisotopic (exact) mass is 458 g/mol. The Morgan fingerprint density at radius 3 is 2.31 bits per heavy atom. The molecule has 8 heteroatoms. The SMILES string of the molecule is CC[C@H](C)NC(=O)c1cc(NS(=O)(=O)c2c(C)cc(C)cc2C)ccc1N1CCNCC1. The fourth-order valence-electron chi connectivity index (χ4n) is 4.16. The molecule has 0 unspecified atom stereocenters. The Bertz CT molecular complexity index is 1070. The molecule has 0 radical (unpaired) electrons. The lowest BCUT2D eigenvalue weighted by atomic mass is 10.1. The highest BCUT2D eigenvalue weighted by molar-refractivity contribution is 7.92. The highest BCUT2D eigenvalue weighted by Gasteiger charge is 2.23. The van der Waals surface area contributed by atoms with Crippen LogP contribution in [0.3, 0.4) is 0 Å². The summed E-state index contributed by atoms with van der Waals surface area (Å²) in [4.78, 5) is 15.5. The minimum absolute atomic E-state index is 0.0246. The molecule has 1 amide bonds. The molecule has 2 aromatic rings. The van der Waals surface area contributed by atoms with Crippen molar-refractivity contribution in [2.45, 2.75) is 52.0 Å². The summed E-state index contributed by atoms with van der Waals surface area (Å²) in [6, 6.07) is 8.96. The summed E-state index contributed by atoms with van der Waals surface area (Å²) in [7, 11) is -3.80. The van der Waals surface area contributed by atoms with Gasteiger partial charge in [0.25, 0.3) is 15.9 Å².